The predicted octanol–water partition coefficient (Wildman–Crippen LogP) is 2.88. The summed E-state index contributed by atoms with van der Waals surface area (Å²) in [5.41, 5.74) is 0.451. The molecule has 0 bridgehead atoms. The van der Waals surface area contributed by atoms with Crippen LogP contribution in [-0.2, 0) is 9.84 Å². The van der Waals surface area contributed by atoms with E-state index in [2.05, 4.69) is 4.98 Å². The summed E-state index contributed by atoms with van der Waals surface area (Å²) in [6.45, 7) is 3.42. The van der Waals surface area contributed by atoms with Crippen molar-refractivity contribution in [3.05, 3.63) is 60.2 Å². The molecule has 0 fully saturated rings. The number of para-hydroxylation sites is 2. The third-order valence-corrected chi connectivity index (χ3v) is 7.16. The van der Waals surface area contributed by atoms with Crippen molar-refractivity contribution in [1.82, 2.24) is 9.55 Å². The molecule has 1 N–H and O–H groups in total. The van der Waals surface area contributed by atoms with Crippen molar-refractivity contribution < 1.29 is 13.5 Å². The second-order valence-corrected chi connectivity index (χ2v) is 8.42. The first kappa shape index (κ1) is 15.4. The molecule has 0 radical (unpaired) electrons. The predicted molar refractivity (Wildman–Crippen MR) is 91.4 cm³/mol. The fraction of sp³-hybridized carbons (Fsp3) is 0.278. The highest BCUT2D eigenvalue weighted by Gasteiger charge is 2.54. The number of hydrogen-bond acceptors (Lipinski definition) is 4. The van der Waals surface area contributed by atoms with Gasteiger partial charge in [-0.25, -0.2) is 13.4 Å². The number of aliphatic hydroxyl groups is 1. The quantitative estimate of drug-likeness (QED) is 0.738. The second-order valence-electron chi connectivity index (χ2n) is 6.49. The lowest BCUT2D eigenvalue weighted by Crippen LogP contribution is -2.49. The molecule has 3 aromatic rings. The zero-order valence-electron chi connectivity index (χ0n) is 13.4. The second kappa shape index (κ2) is 4.91. The molecule has 0 saturated heterocycles. The van der Waals surface area contributed by atoms with Crippen molar-refractivity contribution in [2.75, 3.05) is 0 Å². The largest absolute Gasteiger partial charge is 0.386 e. The van der Waals surface area contributed by atoms with Crippen LogP contribution in [0, 0.1) is 0 Å². The molecule has 1 aliphatic rings. The minimum absolute atomic E-state index is 0.0246. The SMILES string of the molecule is C[C@@H]1n2c(nc3ccccc32)S(=O)(=O)[C@@H](c2ccccc2)[C@@]1(C)O. The van der Waals surface area contributed by atoms with E-state index >= 15 is 0 Å². The van der Waals surface area contributed by atoms with Gasteiger partial charge in [-0.2, -0.15) is 0 Å². The van der Waals surface area contributed by atoms with Gasteiger partial charge in [0.15, 0.2) is 0 Å². The van der Waals surface area contributed by atoms with Crippen molar-refractivity contribution in [3.8, 4) is 0 Å². The first-order valence-corrected chi connectivity index (χ1v) is 9.38. The van der Waals surface area contributed by atoms with Crippen LogP contribution in [0.4, 0.5) is 0 Å². The first-order valence-electron chi connectivity index (χ1n) is 7.83. The molecular formula is C18H18N2O3S. The summed E-state index contributed by atoms with van der Waals surface area (Å²) in [7, 11) is -3.84. The van der Waals surface area contributed by atoms with E-state index in [0.29, 0.717) is 11.1 Å². The summed E-state index contributed by atoms with van der Waals surface area (Å²) in [6.07, 6.45) is 0. The molecule has 2 aromatic carbocycles. The van der Waals surface area contributed by atoms with Gasteiger partial charge in [0.2, 0.25) is 15.0 Å². The molecule has 124 valence electrons. The monoisotopic (exact) mass is 342 g/mol. The molecule has 2 heterocycles. The van der Waals surface area contributed by atoms with Gasteiger partial charge in [0, 0.05) is 0 Å². The van der Waals surface area contributed by atoms with Crippen molar-refractivity contribution >= 4 is 20.9 Å². The number of fused-ring (bicyclic) bond motifs is 3. The van der Waals surface area contributed by atoms with E-state index in [1.807, 2.05) is 31.2 Å². The molecule has 1 aromatic heterocycles. The van der Waals surface area contributed by atoms with Crippen LogP contribution >= 0.6 is 0 Å². The Hall–Kier alpha value is -2.18. The zero-order chi connectivity index (χ0) is 17.1. The Labute approximate surface area is 140 Å². The van der Waals surface area contributed by atoms with E-state index < -0.39 is 26.7 Å². The summed E-state index contributed by atoms with van der Waals surface area (Å²) in [5.74, 6) is 0. The van der Waals surface area contributed by atoms with Crippen molar-refractivity contribution in [3.63, 3.8) is 0 Å². The lowest BCUT2D eigenvalue weighted by molar-refractivity contribution is -0.000609. The molecule has 0 aliphatic carbocycles. The average molecular weight is 342 g/mol. The molecule has 5 nitrogen and oxygen atoms in total. The summed E-state index contributed by atoms with van der Waals surface area (Å²) in [4.78, 5) is 4.36. The van der Waals surface area contributed by atoms with Crippen LogP contribution in [0.25, 0.3) is 11.0 Å². The Kier molecular flexibility index (Phi) is 3.14. The molecule has 6 heteroatoms. The fourth-order valence-electron chi connectivity index (χ4n) is 3.64. The van der Waals surface area contributed by atoms with Gasteiger partial charge in [-0.1, -0.05) is 42.5 Å². The lowest BCUT2D eigenvalue weighted by Gasteiger charge is -2.42. The topological polar surface area (TPSA) is 72.2 Å². The maximum absolute atomic E-state index is 13.3. The Bertz CT molecular complexity index is 1020. The number of benzene rings is 2. The Morgan fingerprint density at radius 3 is 2.42 bits per heavy atom. The average Bonchev–Trinajstić information content (AvgIpc) is 2.94. The third kappa shape index (κ3) is 1.90. The Balaban J connectivity index is 2.07. The summed E-state index contributed by atoms with van der Waals surface area (Å²) < 4.78 is 28.2. The molecule has 4 rings (SSSR count). The molecule has 24 heavy (non-hydrogen) atoms. The number of hydrogen-bond donors (Lipinski definition) is 1. The van der Waals surface area contributed by atoms with Crippen LogP contribution in [0.1, 0.15) is 30.7 Å². The number of sulfone groups is 1. The number of aromatic nitrogens is 2. The first-order chi connectivity index (χ1) is 11.3. The van der Waals surface area contributed by atoms with Gasteiger partial charge < -0.3 is 9.67 Å². The molecule has 0 amide bonds. The van der Waals surface area contributed by atoms with E-state index in [4.69, 9.17) is 0 Å². The van der Waals surface area contributed by atoms with Gasteiger partial charge in [0.25, 0.3) is 0 Å². The van der Waals surface area contributed by atoms with Gasteiger partial charge in [-0.05, 0) is 31.5 Å². The standard InChI is InChI=1S/C18H18N2O3S/c1-12-18(2,21)16(13-8-4-3-5-9-13)24(22,23)17-19-14-10-6-7-11-15(14)20(12)17/h3-12,16,21H,1-2H3/t12-,16-,18-/m0/s1. The van der Waals surface area contributed by atoms with E-state index in [-0.39, 0.29) is 5.16 Å². The molecule has 3 atom stereocenters. The molecular weight excluding hydrogens is 324 g/mol. The highest BCUT2D eigenvalue weighted by Crippen LogP contribution is 2.48. The molecule has 1 aliphatic heterocycles. The van der Waals surface area contributed by atoms with Crippen LogP contribution in [0.3, 0.4) is 0 Å². The number of nitrogens with zero attached hydrogens (tertiary/aromatic N) is 2. The summed E-state index contributed by atoms with van der Waals surface area (Å²) in [5, 5.41) is 10.2. The van der Waals surface area contributed by atoms with Crippen LogP contribution < -0.4 is 0 Å². The van der Waals surface area contributed by atoms with Crippen LogP contribution in [0.15, 0.2) is 59.8 Å². The third-order valence-electron chi connectivity index (χ3n) is 4.99. The van der Waals surface area contributed by atoms with Gasteiger partial charge in [0.1, 0.15) is 10.9 Å². The van der Waals surface area contributed by atoms with Crippen molar-refractivity contribution in [2.24, 2.45) is 0 Å². The van der Waals surface area contributed by atoms with Gasteiger partial charge in [0.05, 0.1) is 17.1 Å². The summed E-state index contributed by atoms with van der Waals surface area (Å²) in [6, 6.07) is 15.7. The highest BCUT2D eigenvalue weighted by molar-refractivity contribution is 7.91. The molecule has 0 unspecified atom stereocenters. The lowest BCUT2D eigenvalue weighted by atomic mass is 9.88. The minimum Gasteiger partial charge on any atom is -0.386 e. The van der Waals surface area contributed by atoms with E-state index in [1.54, 1.807) is 41.8 Å². The van der Waals surface area contributed by atoms with Gasteiger partial charge >= 0.3 is 0 Å². The van der Waals surface area contributed by atoms with Gasteiger partial charge in [-0.3, -0.25) is 0 Å². The number of rotatable bonds is 1. The van der Waals surface area contributed by atoms with Crippen LogP contribution in [-0.4, -0.2) is 28.7 Å². The van der Waals surface area contributed by atoms with Crippen molar-refractivity contribution in [2.45, 2.75) is 35.9 Å². The van der Waals surface area contributed by atoms with Gasteiger partial charge in [-0.15, -0.1) is 0 Å². The van der Waals surface area contributed by atoms with Crippen LogP contribution in [0.5, 0.6) is 0 Å². The maximum atomic E-state index is 13.3. The Morgan fingerprint density at radius 1 is 1.08 bits per heavy atom. The maximum Gasteiger partial charge on any atom is 0.229 e. The van der Waals surface area contributed by atoms with E-state index in [0.717, 1.165) is 5.52 Å². The fourth-order valence-corrected chi connectivity index (χ4v) is 5.95. The Morgan fingerprint density at radius 2 is 1.71 bits per heavy atom. The summed E-state index contributed by atoms with van der Waals surface area (Å²) >= 11 is 0. The molecule has 0 spiro atoms. The minimum atomic E-state index is -3.84. The zero-order valence-corrected chi connectivity index (χ0v) is 14.2. The normalized spacial score (nSPS) is 28.6. The highest BCUT2D eigenvalue weighted by atomic mass is 32.2. The molecule has 0 saturated carbocycles. The van der Waals surface area contributed by atoms with Crippen molar-refractivity contribution in [1.29, 1.82) is 0 Å². The van der Waals surface area contributed by atoms with Crippen LogP contribution in [0.2, 0.25) is 0 Å². The number of imidazole rings is 1. The van der Waals surface area contributed by atoms with E-state index in [9.17, 15) is 13.5 Å². The van der Waals surface area contributed by atoms with E-state index in [1.165, 1.54) is 0 Å². The smallest absolute Gasteiger partial charge is 0.229 e.